The van der Waals surface area contributed by atoms with E-state index in [1.807, 2.05) is 0 Å². The highest BCUT2D eigenvalue weighted by Gasteiger charge is 2.18. The molecule has 0 saturated heterocycles. The molecule has 0 bridgehead atoms. The Kier molecular flexibility index (Phi) is 4.88. The molecular weight excluding hydrogens is 295 g/mol. The first-order valence-electron chi connectivity index (χ1n) is 6.40. The first kappa shape index (κ1) is 15.4. The normalized spacial score (nSPS) is 12.1. The van der Waals surface area contributed by atoms with Crippen LogP contribution in [0.15, 0.2) is 42.5 Å². The van der Waals surface area contributed by atoms with Crippen molar-refractivity contribution in [3.63, 3.8) is 0 Å². The Morgan fingerprint density at radius 1 is 1.24 bits per heavy atom. The number of halogens is 2. The Morgan fingerprint density at radius 3 is 2.43 bits per heavy atom. The van der Waals surface area contributed by atoms with Crippen molar-refractivity contribution in [1.82, 2.24) is 0 Å². The third-order valence-corrected chi connectivity index (χ3v) is 3.65. The monoisotopic (exact) mass is 308 g/mol. The molecule has 21 heavy (non-hydrogen) atoms. The lowest BCUT2D eigenvalue weighted by Gasteiger charge is -2.17. The lowest BCUT2D eigenvalue weighted by Crippen LogP contribution is -2.17. The van der Waals surface area contributed by atoms with E-state index in [1.165, 1.54) is 18.2 Å². The highest BCUT2D eigenvalue weighted by atomic mass is 35.5. The molecule has 0 saturated carbocycles. The first-order chi connectivity index (χ1) is 10.0. The van der Waals surface area contributed by atoms with Crippen molar-refractivity contribution in [1.29, 1.82) is 0 Å². The molecule has 0 aromatic heterocycles. The molecule has 0 aliphatic rings. The number of hydrogen-bond donors (Lipinski definition) is 1. The lowest BCUT2D eigenvalue weighted by atomic mass is 9.91. The van der Waals surface area contributed by atoms with E-state index in [-0.39, 0.29) is 24.0 Å². The standard InChI is InChI=1S/C15H14ClFN2O2/c16-13-2-1-3-14(17)15(13)11(9-18)8-10-4-6-12(7-5-10)19(20)21/h1-7,11H,8-9,18H2. The van der Waals surface area contributed by atoms with E-state index in [0.29, 0.717) is 17.0 Å². The summed E-state index contributed by atoms with van der Waals surface area (Å²) in [7, 11) is 0. The van der Waals surface area contributed by atoms with Gasteiger partial charge >= 0.3 is 0 Å². The van der Waals surface area contributed by atoms with Gasteiger partial charge in [0.15, 0.2) is 0 Å². The van der Waals surface area contributed by atoms with Crippen molar-refractivity contribution in [2.45, 2.75) is 12.3 Å². The van der Waals surface area contributed by atoms with Gasteiger partial charge in [0.05, 0.1) is 4.92 Å². The minimum absolute atomic E-state index is 0.0203. The van der Waals surface area contributed by atoms with E-state index in [1.54, 1.807) is 24.3 Å². The molecule has 2 aromatic rings. The van der Waals surface area contributed by atoms with Gasteiger partial charge in [-0.2, -0.15) is 0 Å². The van der Waals surface area contributed by atoms with Crippen LogP contribution in [0.2, 0.25) is 5.02 Å². The van der Waals surface area contributed by atoms with Crippen molar-refractivity contribution >= 4 is 17.3 Å². The second kappa shape index (κ2) is 6.65. The average Bonchev–Trinajstić information content (AvgIpc) is 2.46. The van der Waals surface area contributed by atoms with Crippen molar-refractivity contribution < 1.29 is 9.31 Å². The minimum atomic E-state index is -0.460. The van der Waals surface area contributed by atoms with Gasteiger partial charge < -0.3 is 5.73 Å². The number of hydrogen-bond acceptors (Lipinski definition) is 3. The highest BCUT2D eigenvalue weighted by molar-refractivity contribution is 6.31. The summed E-state index contributed by atoms with van der Waals surface area (Å²) in [5.74, 6) is -0.667. The molecule has 2 aromatic carbocycles. The fourth-order valence-corrected chi connectivity index (χ4v) is 2.56. The predicted octanol–water partition coefficient (Wildman–Crippen LogP) is 3.67. The Morgan fingerprint density at radius 2 is 1.90 bits per heavy atom. The number of rotatable bonds is 5. The largest absolute Gasteiger partial charge is 0.330 e. The fourth-order valence-electron chi connectivity index (χ4n) is 2.24. The Hall–Kier alpha value is -1.98. The van der Waals surface area contributed by atoms with Gasteiger partial charge in [0.1, 0.15) is 5.82 Å². The maximum Gasteiger partial charge on any atom is 0.269 e. The predicted molar refractivity (Wildman–Crippen MR) is 80.0 cm³/mol. The second-order valence-corrected chi connectivity index (χ2v) is 5.10. The molecule has 0 aliphatic carbocycles. The lowest BCUT2D eigenvalue weighted by molar-refractivity contribution is -0.384. The van der Waals surface area contributed by atoms with Crippen LogP contribution in [-0.2, 0) is 6.42 Å². The van der Waals surface area contributed by atoms with Crippen molar-refractivity contribution in [2.24, 2.45) is 5.73 Å². The third kappa shape index (κ3) is 3.56. The number of nitro groups is 1. The van der Waals surface area contributed by atoms with E-state index in [0.717, 1.165) is 5.56 Å². The van der Waals surface area contributed by atoms with Crippen molar-refractivity contribution in [3.05, 3.63) is 74.5 Å². The summed E-state index contributed by atoms with van der Waals surface area (Å²) in [5, 5.41) is 11.0. The van der Waals surface area contributed by atoms with Gasteiger partial charge in [-0.3, -0.25) is 10.1 Å². The van der Waals surface area contributed by atoms with Crippen LogP contribution in [0.25, 0.3) is 0 Å². The molecule has 4 nitrogen and oxygen atoms in total. The number of nitro benzene ring substituents is 1. The van der Waals surface area contributed by atoms with Crippen LogP contribution >= 0.6 is 11.6 Å². The fraction of sp³-hybridized carbons (Fsp3) is 0.200. The summed E-state index contributed by atoms with van der Waals surface area (Å²) in [5.41, 5.74) is 6.99. The number of benzene rings is 2. The van der Waals surface area contributed by atoms with Gasteiger partial charge in [-0.05, 0) is 30.7 Å². The van der Waals surface area contributed by atoms with Crippen LogP contribution in [-0.4, -0.2) is 11.5 Å². The SMILES string of the molecule is NCC(Cc1ccc([N+](=O)[O-])cc1)c1c(F)cccc1Cl. The molecule has 0 radical (unpaired) electrons. The van der Waals surface area contributed by atoms with Crippen LogP contribution in [0.5, 0.6) is 0 Å². The van der Waals surface area contributed by atoms with E-state index >= 15 is 0 Å². The maximum atomic E-state index is 13.9. The molecular formula is C15H14ClFN2O2. The summed E-state index contributed by atoms with van der Waals surface area (Å²) in [6, 6.07) is 10.7. The average molecular weight is 309 g/mol. The van der Waals surface area contributed by atoms with Crippen molar-refractivity contribution in [2.75, 3.05) is 6.54 Å². The molecule has 0 heterocycles. The summed E-state index contributed by atoms with van der Waals surface area (Å²) in [6.07, 6.45) is 0.467. The summed E-state index contributed by atoms with van der Waals surface area (Å²) in [4.78, 5) is 10.2. The van der Waals surface area contributed by atoms with Gasteiger partial charge in [-0.15, -0.1) is 0 Å². The number of non-ortho nitro benzene ring substituents is 1. The van der Waals surface area contributed by atoms with Gasteiger partial charge in [-0.25, -0.2) is 4.39 Å². The Bertz CT molecular complexity index is 626. The Labute approximate surface area is 126 Å². The van der Waals surface area contributed by atoms with E-state index < -0.39 is 4.92 Å². The maximum absolute atomic E-state index is 13.9. The van der Waals surface area contributed by atoms with E-state index in [9.17, 15) is 14.5 Å². The van der Waals surface area contributed by atoms with Gasteiger partial charge in [-0.1, -0.05) is 29.8 Å². The minimum Gasteiger partial charge on any atom is -0.330 e. The smallest absolute Gasteiger partial charge is 0.269 e. The van der Waals surface area contributed by atoms with Gasteiger partial charge in [0.2, 0.25) is 0 Å². The zero-order valence-electron chi connectivity index (χ0n) is 11.1. The van der Waals surface area contributed by atoms with Gasteiger partial charge in [0, 0.05) is 28.6 Å². The summed E-state index contributed by atoms with van der Waals surface area (Å²) in [6.45, 7) is 0.234. The second-order valence-electron chi connectivity index (χ2n) is 4.70. The number of nitrogens with two attached hydrogens (primary N) is 1. The molecule has 0 amide bonds. The molecule has 0 aliphatic heterocycles. The Balaban J connectivity index is 2.25. The van der Waals surface area contributed by atoms with Crippen molar-refractivity contribution in [3.8, 4) is 0 Å². The van der Waals surface area contributed by atoms with Crippen LogP contribution in [0.4, 0.5) is 10.1 Å². The van der Waals surface area contributed by atoms with E-state index in [4.69, 9.17) is 17.3 Å². The van der Waals surface area contributed by atoms with Gasteiger partial charge in [0.25, 0.3) is 5.69 Å². The van der Waals surface area contributed by atoms with Crippen LogP contribution < -0.4 is 5.73 Å². The van der Waals surface area contributed by atoms with Crippen LogP contribution in [0.1, 0.15) is 17.0 Å². The molecule has 2 N–H and O–H groups in total. The molecule has 2 rings (SSSR count). The first-order valence-corrected chi connectivity index (χ1v) is 6.78. The quantitative estimate of drug-likeness (QED) is 0.676. The highest BCUT2D eigenvalue weighted by Crippen LogP contribution is 2.29. The molecule has 0 fully saturated rings. The van der Waals surface area contributed by atoms with Crippen LogP contribution in [0, 0.1) is 15.9 Å². The molecule has 0 spiro atoms. The third-order valence-electron chi connectivity index (χ3n) is 3.32. The molecule has 110 valence electrons. The molecule has 1 unspecified atom stereocenters. The summed E-state index contributed by atoms with van der Waals surface area (Å²) < 4.78 is 13.9. The zero-order chi connectivity index (χ0) is 15.4. The molecule has 6 heteroatoms. The number of nitrogens with zero attached hydrogens (tertiary/aromatic N) is 1. The zero-order valence-corrected chi connectivity index (χ0v) is 11.9. The van der Waals surface area contributed by atoms with E-state index in [2.05, 4.69) is 0 Å². The summed E-state index contributed by atoms with van der Waals surface area (Å²) >= 11 is 6.05. The topological polar surface area (TPSA) is 69.2 Å². The molecule has 1 atom stereocenters. The van der Waals surface area contributed by atoms with Crippen LogP contribution in [0.3, 0.4) is 0 Å².